The molecule has 2 heterocycles. The van der Waals surface area contributed by atoms with Gasteiger partial charge in [-0.05, 0) is 57.5 Å². The lowest BCUT2D eigenvalue weighted by molar-refractivity contribution is -0.118. The van der Waals surface area contributed by atoms with Gasteiger partial charge in [-0.2, -0.15) is 0 Å². The van der Waals surface area contributed by atoms with Gasteiger partial charge in [0.2, 0.25) is 5.91 Å². The van der Waals surface area contributed by atoms with E-state index in [9.17, 15) is 9.18 Å². The van der Waals surface area contributed by atoms with Crippen LogP contribution in [0.2, 0.25) is 0 Å². The molecule has 3 rings (SSSR count). The highest BCUT2D eigenvalue weighted by atomic mass is 19.1. The number of aryl methyl sites for hydroxylation is 1. The van der Waals surface area contributed by atoms with Crippen molar-refractivity contribution in [2.45, 2.75) is 58.6 Å². The van der Waals surface area contributed by atoms with Crippen LogP contribution < -0.4 is 10.2 Å². The van der Waals surface area contributed by atoms with Crippen LogP contribution in [0.3, 0.4) is 0 Å². The Morgan fingerprint density at radius 2 is 2.21 bits per heavy atom. The summed E-state index contributed by atoms with van der Waals surface area (Å²) in [7, 11) is 0. The van der Waals surface area contributed by atoms with Crippen LogP contribution in [0.1, 0.15) is 57.2 Å². The van der Waals surface area contributed by atoms with E-state index in [0.29, 0.717) is 23.8 Å². The Labute approximate surface area is 171 Å². The molecule has 7 heteroatoms. The third-order valence-electron chi connectivity index (χ3n) is 4.64. The summed E-state index contributed by atoms with van der Waals surface area (Å²) in [6, 6.07) is 4.21. The molecular formula is C22H29FN4O2. The van der Waals surface area contributed by atoms with Crippen LogP contribution in [0.25, 0.3) is 0 Å². The highest BCUT2D eigenvalue weighted by Crippen LogP contribution is 2.39. The molecule has 2 N–H and O–H groups in total. The zero-order valence-corrected chi connectivity index (χ0v) is 17.5. The molecule has 1 amide bonds. The number of H-pyrrole nitrogens is 1. The van der Waals surface area contributed by atoms with Gasteiger partial charge in [-0.25, -0.2) is 9.37 Å². The van der Waals surface area contributed by atoms with Crippen molar-refractivity contribution in [1.29, 1.82) is 0 Å². The molecule has 156 valence electrons. The minimum Gasteiger partial charge on any atom is -0.474 e. The zero-order valence-electron chi connectivity index (χ0n) is 17.5. The molecule has 0 fully saturated rings. The smallest absolute Gasteiger partial charge is 0.247 e. The highest BCUT2D eigenvalue weighted by molar-refractivity contribution is 5.97. The summed E-state index contributed by atoms with van der Waals surface area (Å²) in [6.07, 6.45) is 4.21. The Balaban J connectivity index is 1.81. The standard InChI is InChI=1S/C22H29FN4O2/c1-6-7-17-12-25-21(26-17)19-11-15-10-16(23)8-9-18(15)27(19)20(28)13-24-14(2)29-22(3,4)5/h8-10,12,19,24H,2,6-7,11,13H2,1,3-5H3,(H,25,26). The summed E-state index contributed by atoms with van der Waals surface area (Å²) >= 11 is 0. The van der Waals surface area contributed by atoms with Crippen molar-refractivity contribution in [3.63, 3.8) is 0 Å². The number of hydrogen-bond donors (Lipinski definition) is 2. The molecule has 1 unspecified atom stereocenters. The molecule has 1 aromatic heterocycles. The normalized spacial score (nSPS) is 15.9. The second-order valence-electron chi connectivity index (χ2n) is 8.29. The van der Waals surface area contributed by atoms with E-state index in [1.54, 1.807) is 11.0 Å². The van der Waals surface area contributed by atoms with E-state index in [1.165, 1.54) is 12.1 Å². The molecule has 1 aromatic carbocycles. The number of hydrogen-bond acceptors (Lipinski definition) is 4. The predicted octanol–water partition coefficient (Wildman–Crippen LogP) is 4.01. The molecule has 1 aliphatic rings. The van der Waals surface area contributed by atoms with Crippen molar-refractivity contribution in [1.82, 2.24) is 15.3 Å². The summed E-state index contributed by atoms with van der Waals surface area (Å²) in [6.45, 7) is 11.7. The molecular weight excluding hydrogens is 371 g/mol. The number of ether oxygens (including phenoxy) is 1. The van der Waals surface area contributed by atoms with Gasteiger partial charge >= 0.3 is 0 Å². The average molecular weight is 400 g/mol. The molecule has 0 aliphatic carbocycles. The van der Waals surface area contributed by atoms with Crippen molar-refractivity contribution < 1.29 is 13.9 Å². The van der Waals surface area contributed by atoms with Gasteiger partial charge in [-0.3, -0.25) is 9.69 Å². The third-order valence-corrected chi connectivity index (χ3v) is 4.64. The molecule has 0 bridgehead atoms. The first-order valence-corrected chi connectivity index (χ1v) is 9.94. The van der Waals surface area contributed by atoms with Crippen molar-refractivity contribution in [2.75, 3.05) is 11.4 Å². The van der Waals surface area contributed by atoms with Crippen LogP contribution in [0.15, 0.2) is 36.9 Å². The van der Waals surface area contributed by atoms with Crippen molar-refractivity contribution >= 4 is 11.6 Å². The molecule has 0 saturated heterocycles. The van der Waals surface area contributed by atoms with Gasteiger partial charge in [0.05, 0.1) is 12.6 Å². The van der Waals surface area contributed by atoms with E-state index < -0.39 is 5.60 Å². The first kappa shape index (κ1) is 20.9. The molecule has 0 radical (unpaired) electrons. The van der Waals surface area contributed by atoms with E-state index in [4.69, 9.17) is 4.74 Å². The quantitative estimate of drug-likeness (QED) is 0.689. The van der Waals surface area contributed by atoms with Gasteiger partial charge in [0, 0.05) is 24.0 Å². The lowest BCUT2D eigenvalue weighted by Gasteiger charge is -2.26. The first-order valence-electron chi connectivity index (χ1n) is 9.94. The van der Waals surface area contributed by atoms with Gasteiger partial charge in [0.1, 0.15) is 17.2 Å². The number of carbonyl (C=O) groups is 1. The fraction of sp³-hybridized carbons (Fsp3) is 0.455. The van der Waals surface area contributed by atoms with Gasteiger partial charge in [0.25, 0.3) is 0 Å². The monoisotopic (exact) mass is 400 g/mol. The largest absolute Gasteiger partial charge is 0.474 e. The number of aromatic amines is 1. The molecule has 0 saturated carbocycles. The van der Waals surface area contributed by atoms with Crippen LogP contribution >= 0.6 is 0 Å². The number of benzene rings is 1. The van der Waals surface area contributed by atoms with Crippen LogP contribution in [-0.2, 0) is 22.4 Å². The number of anilines is 1. The number of aromatic nitrogens is 2. The van der Waals surface area contributed by atoms with E-state index in [-0.39, 0.29) is 24.3 Å². The van der Waals surface area contributed by atoms with Gasteiger partial charge in [0.15, 0.2) is 5.88 Å². The highest BCUT2D eigenvalue weighted by Gasteiger charge is 2.36. The maximum atomic E-state index is 13.8. The molecule has 2 aromatic rings. The number of amides is 1. The van der Waals surface area contributed by atoms with Crippen LogP contribution in [0.5, 0.6) is 0 Å². The SMILES string of the molecule is C=C(NCC(=O)N1c2ccc(F)cc2CC1c1ncc(CCC)[nH]1)OC(C)(C)C. The Kier molecular flexibility index (Phi) is 5.96. The number of rotatable bonds is 7. The van der Waals surface area contributed by atoms with Gasteiger partial charge in [-0.15, -0.1) is 0 Å². The Morgan fingerprint density at radius 1 is 1.45 bits per heavy atom. The number of imidazole rings is 1. The summed E-state index contributed by atoms with van der Waals surface area (Å²) in [4.78, 5) is 22.6. The zero-order chi connectivity index (χ0) is 21.2. The fourth-order valence-electron chi connectivity index (χ4n) is 3.55. The Hall–Kier alpha value is -2.83. The number of fused-ring (bicyclic) bond motifs is 1. The number of nitrogens with zero attached hydrogens (tertiary/aromatic N) is 2. The van der Waals surface area contributed by atoms with Gasteiger partial charge in [-0.1, -0.05) is 13.3 Å². The number of nitrogens with one attached hydrogen (secondary N) is 2. The summed E-state index contributed by atoms with van der Waals surface area (Å²) in [5.41, 5.74) is 2.12. The minimum atomic E-state index is -0.405. The fourth-order valence-corrected chi connectivity index (χ4v) is 3.55. The van der Waals surface area contributed by atoms with Crippen molar-refractivity contribution in [3.05, 3.63) is 59.8 Å². The van der Waals surface area contributed by atoms with Crippen LogP contribution in [0, 0.1) is 5.82 Å². The molecule has 0 spiro atoms. The van der Waals surface area contributed by atoms with Crippen LogP contribution in [-0.4, -0.2) is 28.0 Å². The minimum absolute atomic E-state index is 0.0186. The lowest BCUT2D eigenvalue weighted by Crippen LogP contribution is -2.40. The number of halogens is 1. The van der Waals surface area contributed by atoms with E-state index in [2.05, 4.69) is 28.8 Å². The second kappa shape index (κ2) is 8.27. The van der Waals surface area contributed by atoms with Crippen molar-refractivity contribution in [2.24, 2.45) is 0 Å². The van der Waals surface area contributed by atoms with Crippen molar-refractivity contribution in [3.8, 4) is 0 Å². The van der Waals surface area contributed by atoms with E-state index in [1.807, 2.05) is 27.0 Å². The van der Waals surface area contributed by atoms with Gasteiger partial charge < -0.3 is 15.0 Å². The lowest BCUT2D eigenvalue weighted by atomic mass is 10.1. The van der Waals surface area contributed by atoms with Crippen LogP contribution in [0.4, 0.5) is 10.1 Å². The predicted molar refractivity (Wildman–Crippen MR) is 111 cm³/mol. The number of carbonyl (C=O) groups excluding carboxylic acids is 1. The second-order valence-corrected chi connectivity index (χ2v) is 8.29. The summed E-state index contributed by atoms with van der Waals surface area (Å²) in [5, 5.41) is 2.94. The maximum Gasteiger partial charge on any atom is 0.247 e. The molecule has 1 aliphatic heterocycles. The molecule has 1 atom stereocenters. The first-order chi connectivity index (χ1) is 13.7. The van der Waals surface area contributed by atoms with E-state index >= 15 is 0 Å². The Morgan fingerprint density at radius 3 is 2.90 bits per heavy atom. The topological polar surface area (TPSA) is 70.2 Å². The molecule has 29 heavy (non-hydrogen) atoms. The maximum absolute atomic E-state index is 13.8. The van der Waals surface area contributed by atoms with E-state index in [0.717, 1.165) is 24.1 Å². The molecule has 6 nitrogen and oxygen atoms in total. The third kappa shape index (κ3) is 4.96. The summed E-state index contributed by atoms with van der Waals surface area (Å²) in [5.74, 6) is 0.577. The average Bonchev–Trinajstić information content (AvgIpc) is 3.22. The summed E-state index contributed by atoms with van der Waals surface area (Å²) < 4.78 is 19.4. The Bertz CT molecular complexity index is 900.